The maximum absolute atomic E-state index is 8.94. The molecule has 0 spiro atoms. The average molecular weight is 190 g/mol. The molecular formula is C12H18N2. The van der Waals surface area contributed by atoms with Gasteiger partial charge in [0.05, 0.1) is 0 Å². The van der Waals surface area contributed by atoms with E-state index in [4.69, 9.17) is 5.26 Å². The molecule has 0 fully saturated rings. The van der Waals surface area contributed by atoms with Crippen LogP contribution in [0.15, 0.2) is 12.1 Å². The minimum Gasteiger partial charge on any atom is -0.336 e. The second-order valence-corrected chi connectivity index (χ2v) is 4.08. The largest absolute Gasteiger partial charge is 0.336 e. The summed E-state index contributed by atoms with van der Waals surface area (Å²) in [4.78, 5) is 0. The van der Waals surface area contributed by atoms with Crippen LogP contribution in [0.1, 0.15) is 38.6 Å². The third kappa shape index (κ3) is 2.38. The highest BCUT2D eigenvalue weighted by Crippen LogP contribution is 2.13. The molecule has 0 saturated carbocycles. The zero-order valence-electron chi connectivity index (χ0n) is 9.25. The zero-order valence-corrected chi connectivity index (χ0v) is 9.25. The van der Waals surface area contributed by atoms with E-state index in [1.165, 1.54) is 5.69 Å². The number of hydrogen-bond donors (Lipinski definition) is 0. The summed E-state index contributed by atoms with van der Waals surface area (Å²) in [7, 11) is 0. The summed E-state index contributed by atoms with van der Waals surface area (Å²) in [5, 5.41) is 8.94. The van der Waals surface area contributed by atoms with E-state index in [1.807, 2.05) is 6.07 Å². The van der Waals surface area contributed by atoms with E-state index < -0.39 is 0 Å². The van der Waals surface area contributed by atoms with E-state index in [0.717, 1.165) is 25.1 Å². The summed E-state index contributed by atoms with van der Waals surface area (Å²) in [5.41, 5.74) is 2.08. The predicted molar refractivity (Wildman–Crippen MR) is 58.0 cm³/mol. The summed E-state index contributed by atoms with van der Waals surface area (Å²) >= 11 is 0. The fourth-order valence-corrected chi connectivity index (χ4v) is 1.66. The topological polar surface area (TPSA) is 28.7 Å². The molecule has 76 valence electrons. The highest BCUT2D eigenvalue weighted by molar-refractivity contribution is 5.27. The molecule has 0 aliphatic rings. The minimum absolute atomic E-state index is 0.588. The van der Waals surface area contributed by atoms with Crippen LogP contribution in [-0.4, -0.2) is 4.57 Å². The Morgan fingerprint density at radius 2 is 2.14 bits per heavy atom. The Morgan fingerprint density at radius 3 is 2.64 bits per heavy atom. The quantitative estimate of drug-likeness (QED) is 0.717. The van der Waals surface area contributed by atoms with Crippen molar-refractivity contribution in [2.45, 2.75) is 40.2 Å². The molecule has 1 aromatic heterocycles. The van der Waals surface area contributed by atoms with Crippen LogP contribution < -0.4 is 0 Å². The van der Waals surface area contributed by atoms with Crippen molar-refractivity contribution < 1.29 is 0 Å². The molecular weight excluding hydrogens is 172 g/mol. The standard InChI is InChI=1S/C12H18N2/c1-4-5-11-6-7-12(8-13)14(11)9-10(2)3/h6-7,10H,4-5,9H2,1-3H3. The Kier molecular flexibility index (Phi) is 3.76. The Labute approximate surface area is 86.2 Å². The SMILES string of the molecule is CCCc1ccc(C#N)n1CC(C)C. The van der Waals surface area contributed by atoms with E-state index in [2.05, 4.69) is 37.5 Å². The van der Waals surface area contributed by atoms with Crippen LogP contribution in [0.3, 0.4) is 0 Å². The van der Waals surface area contributed by atoms with Gasteiger partial charge in [0.1, 0.15) is 11.8 Å². The van der Waals surface area contributed by atoms with Crippen LogP contribution in [0.5, 0.6) is 0 Å². The monoisotopic (exact) mass is 190 g/mol. The smallest absolute Gasteiger partial charge is 0.120 e. The molecule has 0 aliphatic heterocycles. The number of rotatable bonds is 4. The molecule has 1 aromatic rings. The molecule has 2 nitrogen and oxygen atoms in total. The Balaban J connectivity index is 2.95. The molecule has 0 unspecified atom stereocenters. The summed E-state index contributed by atoms with van der Waals surface area (Å²) in [5.74, 6) is 0.588. The van der Waals surface area contributed by atoms with Crippen molar-refractivity contribution in [2.24, 2.45) is 5.92 Å². The number of aryl methyl sites for hydroxylation is 1. The molecule has 0 aromatic carbocycles. The summed E-state index contributed by atoms with van der Waals surface area (Å²) < 4.78 is 2.15. The molecule has 14 heavy (non-hydrogen) atoms. The first kappa shape index (κ1) is 10.8. The second kappa shape index (κ2) is 4.85. The van der Waals surface area contributed by atoms with Crippen molar-refractivity contribution in [1.29, 1.82) is 5.26 Å². The van der Waals surface area contributed by atoms with E-state index in [-0.39, 0.29) is 0 Å². The highest BCUT2D eigenvalue weighted by Gasteiger charge is 2.07. The lowest BCUT2D eigenvalue weighted by Crippen LogP contribution is -2.09. The van der Waals surface area contributed by atoms with Gasteiger partial charge in [-0.25, -0.2) is 0 Å². The van der Waals surface area contributed by atoms with Gasteiger partial charge in [-0.1, -0.05) is 27.2 Å². The van der Waals surface area contributed by atoms with Gasteiger partial charge in [-0.2, -0.15) is 5.26 Å². The number of hydrogen-bond acceptors (Lipinski definition) is 1. The van der Waals surface area contributed by atoms with Crippen LogP contribution in [0.2, 0.25) is 0 Å². The average Bonchev–Trinajstić information content (AvgIpc) is 2.48. The van der Waals surface area contributed by atoms with Crippen molar-refractivity contribution in [2.75, 3.05) is 0 Å². The molecule has 0 N–H and O–H groups in total. The fourth-order valence-electron chi connectivity index (χ4n) is 1.66. The zero-order chi connectivity index (χ0) is 10.6. The van der Waals surface area contributed by atoms with E-state index in [1.54, 1.807) is 0 Å². The van der Waals surface area contributed by atoms with E-state index >= 15 is 0 Å². The van der Waals surface area contributed by atoms with Crippen LogP contribution in [-0.2, 0) is 13.0 Å². The third-order valence-corrected chi connectivity index (χ3v) is 2.24. The Morgan fingerprint density at radius 1 is 1.43 bits per heavy atom. The first-order valence-corrected chi connectivity index (χ1v) is 5.27. The van der Waals surface area contributed by atoms with Gasteiger partial charge in [0.25, 0.3) is 0 Å². The first-order chi connectivity index (χ1) is 6.69. The minimum atomic E-state index is 0.588. The van der Waals surface area contributed by atoms with Crippen molar-refractivity contribution >= 4 is 0 Å². The normalized spacial score (nSPS) is 10.5. The molecule has 0 bridgehead atoms. The van der Waals surface area contributed by atoms with Gasteiger partial charge in [0.2, 0.25) is 0 Å². The van der Waals surface area contributed by atoms with Crippen LogP contribution in [0.4, 0.5) is 0 Å². The van der Waals surface area contributed by atoms with Crippen molar-refractivity contribution in [3.05, 3.63) is 23.5 Å². The summed E-state index contributed by atoms with van der Waals surface area (Å²) in [6.45, 7) is 7.47. The first-order valence-electron chi connectivity index (χ1n) is 5.27. The van der Waals surface area contributed by atoms with Crippen LogP contribution in [0, 0.1) is 17.2 Å². The molecule has 0 aliphatic carbocycles. The Hall–Kier alpha value is -1.23. The lowest BCUT2D eigenvalue weighted by Gasteiger charge is -2.12. The molecule has 1 rings (SSSR count). The molecule has 0 amide bonds. The number of nitrogens with zero attached hydrogens (tertiary/aromatic N) is 2. The van der Waals surface area contributed by atoms with Gasteiger partial charge in [0, 0.05) is 12.2 Å². The van der Waals surface area contributed by atoms with Gasteiger partial charge < -0.3 is 4.57 Å². The molecule has 1 heterocycles. The predicted octanol–water partition coefficient (Wildman–Crippen LogP) is 2.97. The highest BCUT2D eigenvalue weighted by atomic mass is 15.0. The van der Waals surface area contributed by atoms with E-state index in [9.17, 15) is 0 Å². The number of aromatic nitrogens is 1. The lowest BCUT2D eigenvalue weighted by molar-refractivity contribution is 0.506. The van der Waals surface area contributed by atoms with Crippen molar-refractivity contribution in [1.82, 2.24) is 4.57 Å². The van der Waals surface area contributed by atoms with Crippen LogP contribution in [0.25, 0.3) is 0 Å². The van der Waals surface area contributed by atoms with E-state index in [0.29, 0.717) is 5.92 Å². The Bertz CT molecular complexity index is 329. The number of nitriles is 1. The van der Waals surface area contributed by atoms with Crippen molar-refractivity contribution in [3.63, 3.8) is 0 Å². The van der Waals surface area contributed by atoms with Gasteiger partial charge in [-0.15, -0.1) is 0 Å². The maximum Gasteiger partial charge on any atom is 0.120 e. The lowest BCUT2D eigenvalue weighted by atomic mass is 10.2. The second-order valence-electron chi connectivity index (χ2n) is 4.08. The van der Waals surface area contributed by atoms with Gasteiger partial charge in [-0.3, -0.25) is 0 Å². The fraction of sp³-hybridized carbons (Fsp3) is 0.583. The van der Waals surface area contributed by atoms with Crippen LogP contribution >= 0.6 is 0 Å². The third-order valence-electron chi connectivity index (χ3n) is 2.24. The van der Waals surface area contributed by atoms with Gasteiger partial charge in [0.15, 0.2) is 0 Å². The molecule has 0 radical (unpaired) electrons. The maximum atomic E-state index is 8.94. The molecule has 0 atom stereocenters. The van der Waals surface area contributed by atoms with Crippen molar-refractivity contribution in [3.8, 4) is 6.07 Å². The molecule has 2 heteroatoms. The van der Waals surface area contributed by atoms with Gasteiger partial charge in [-0.05, 0) is 24.5 Å². The van der Waals surface area contributed by atoms with Gasteiger partial charge >= 0.3 is 0 Å². The summed E-state index contributed by atoms with van der Waals surface area (Å²) in [6, 6.07) is 6.24. The molecule has 0 saturated heterocycles. The summed E-state index contributed by atoms with van der Waals surface area (Å²) in [6.07, 6.45) is 2.20.